The molecule has 2 heterocycles. The monoisotopic (exact) mass is 296 g/mol. The Morgan fingerprint density at radius 1 is 1.18 bits per heavy atom. The van der Waals surface area contributed by atoms with Crippen LogP contribution in [0.3, 0.4) is 0 Å². The van der Waals surface area contributed by atoms with Crippen molar-refractivity contribution in [2.75, 3.05) is 36.8 Å². The van der Waals surface area contributed by atoms with Crippen molar-refractivity contribution < 1.29 is 4.79 Å². The second-order valence-electron chi connectivity index (χ2n) is 5.58. The molecular weight excluding hydrogens is 276 g/mol. The number of carbonyl (C=O) groups excluding carboxylic acids is 1. The number of carbonyl (C=O) groups is 1. The molecule has 5 heteroatoms. The smallest absolute Gasteiger partial charge is 0.257 e. The van der Waals surface area contributed by atoms with Crippen LogP contribution in [0.1, 0.15) is 15.9 Å². The number of benzene rings is 1. The van der Waals surface area contributed by atoms with Gasteiger partial charge in [-0.2, -0.15) is 0 Å². The number of nitrogens with two attached hydrogens (primary N) is 1. The number of amides is 1. The Labute approximate surface area is 130 Å². The Morgan fingerprint density at radius 2 is 1.95 bits per heavy atom. The van der Waals surface area contributed by atoms with E-state index in [1.807, 2.05) is 4.90 Å². The van der Waals surface area contributed by atoms with E-state index in [1.54, 1.807) is 18.5 Å². The third kappa shape index (κ3) is 2.88. The van der Waals surface area contributed by atoms with E-state index in [2.05, 4.69) is 41.1 Å². The number of hydrogen-bond acceptors (Lipinski definition) is 4. The fourth-order valence-electron chi connectivity index (χ4n) is 2.75. The quantitative estimate of drug-likeness (QED) is 0.920. The molecule has 1 saturated heterocycles. The van der Waals surface area contributed by atoms with Crippen LogP contribution in [-0.2, 0) is 0 Å². The topological polar surface area (TPSA) is 62.5 Å². The summed E-state index contributed by atoms with van der Waals surface area (Å²) in [4.78, 5) is 20.7. The number of piperazine rings is 1. The van der Waals surface area contributed by atoms with Gasteiger partial charge in [-0.1, -0.05) is 12.1 Å². The van der Waals surface area contributed by atoms with Crippen molar-refractivity contribution in [3.63, 3.8) is 0 Å². The molecule has 3 rings (SSSR count). The fourth-order valence-corrected chi connectivity index (χ4v) is 2.75. The number of pyridine rings is 1. The van der Waals surface area contributed by atoms with E-state index in [9.17, 15) is 4.79 Å². The lowest BCUT2D eigenvalue weighted by Crippen LogP contribution is -2.49. The highest BCUT2D eigenvalue weighted by Crippen LogP contribution is 2.19. The highest BCUT2D eigenvalue weighted by Gasteiger charge is 2.23. The van der Waals surface area contributed by atoms with Gasteiger partial charge in [-0.3, -0.25) is 9.78 Å². The first kappa shape index (κ1) is 14.4. The maximum absolute atomic E-state index is 12.5. The van der Waals surface area contributed by atoms with E-state index in [4.69, 9.17) is 5.73 Å². The summed E-state index contributed by atoms with van der Waals surface area (Å²) in [6.45, 7) is 5.14. The van der Waals surface area contributed by atoms with Crippen LogP contribution in [0.2, 0.25) is 0 Å². The molecule has 0 unspecified atom stereocenters. The first-order valence-electron chi connectivity index (χ1n) is 7.45. The van der Waals surface area contributed by atoms with Gasteiger partial charge in [0.1, 0.15) is 0 Å². The van der Waals surface area contributed by atoms with Crippen LogP contribution in [0.4, 0.5) is 11.4 Å². The van der Waals surface area contributed by atoms with Crippen LogP contribution in [0.15, 0.2) is 42.7 Å². The molecule has 1 fully saturated rings. The van der Waals surface area contributed by atoms with Crippen LogP contribution in [0, 0.1) is 6.92 Å². The lowest BCUT2D eigenvalue weighted by molar-refractivity contribution is 0.0747. The zero-order valence-electron chi connectivity index (χ0n) is 12.7. The molecule has 0 radical (unpaired) electrons. The molecule has 1 aliphatic heterocycles. The summed E-state index contributed by atoms with van der Waals surface area (Å²) in [5.41, 5.74) is 9.31. The average molecular weight is 296 g/mol. The largest absolute Gasteiger partial charge is 0.398 e. The summed E-state index contributed by atoms with van der Waals surface area (Å²) >= 11 is 0. The summed E-state index contributed by atoms with van der Waals surface area (Å²) in [5, 5.41) is 0. The number of nitrogen functional groups attached to an aromatic ring is 1. The molecule has 5 nitrogen and oxygen atoms in total. The summed E-state index contributed by atoms with van der Waals surface area (Å²) in [6, 6.07) is 10.1. The Bertz CT molecular complexity index is 678. The van der Waals surface area contributed by atoms with Crippen molar-refractivity contribution in [2.24, 2.45) is 0 Å². The van der Waals surface area contributed by atoms with Gasteiger partial charge in [-0.25, -0.2) is 0 Å². The van der Waals surface area contributed by atoms with Gasteiger partial charge in [0.2, 0.25) is 0 Å². The van der Waals surface area contributed by atoms with Gasteiger partial charge >= 0.3 is 0 Å². The van der Waals surface area contributed by atoms with Gasteiger partial charge in [0.25, 0.3) is 5.91 Å². The summed E-state index contributed by atoms with van der Waals surface area (Å²) in [7, 11) is 0. The van der Waals surface area contributed by atoms with Crippen molar-refractivity contribution in [1.82, 2.24) is 9.88 Å². The normalized spacial score (nSPS) is 15.0. The predicted molar refractivity (Wildman–Crippen MR) is 87.9 cm³/mol. The molecule has 0 saturated carbocycles. The van der Waals surface area contributed by atoms with Crippen molar-refractivity contribution in [3.05, 3.63) is 53.9 Å². The number of nitrogens with zero attached hydrogens (tertiary/aromatic N) is 3. The number of rotatable bonds is 2. The summed E-state index contributed by atoms with van der Waals surface area (Å²) < 4.78 is 0. The standard InChI is InChI=1S/C17H20N4O/c1-13-3-2-4-14(11-13)20-7-9-21(10-8-20)17(22)15-12-19-6-5-16(15)18/h2-6,11-12H,7-10H2,1H3,(H2,18,19). The minimum Gasteiger partial charge on any atom is -0.398 e. The Hall–Kier alpha value is -2.56. The van der Waals surface area contributed by atoms with Crippen LogP contribution in [-0.4, -0.2) is 42.0 Å². The molecule has 0 spiro atoms. The van der Waals surface area contributed by atoms with Gasteiger partial charge < -0.3 is 15.5 Å². The number of anilines is 2. The molecule has 1 aliphatic rings. The number of aromatic nitrogens is 1. The first-order chi connectivity index (χ1) is 10.6. The van der Waals surface area contributed by atoms with Gasteiger partial charge in [0, 0.05) is 49.9 Å². The molecule has 0 bridgehead atoms. The van der Waals surface area contributed by atoms with E-state index in [1.165, 1.54) is 11.3 Å². The second kappa shape index (κ2) is 6.05. The molecule has 1 amide bonds. The number of aryl methyl sites for hydroxylation is 1. The van der Waals surface area contributed by atoms with E-state index >= 15 is 0 Å². The maximum atomic E-state index is 12.5. The third-order valence-electron chi connectivity index (χ3n) is 4.02. The molecule has 0 aliphatic carbocycles. The Balaban J connectivity index is 1.67. The zero-order chi connectivity index (χ0) is 15.5. The SMILES string of the molecule is Cc1cccc(N2CCN(C(=O)c3cnccc3N)CC2)c1. The minimum atomic E-state index is -0.0329. The van der Waals surface area contributed by atoms with E-state index in [-0.39, 0.29) is 5.91 Å². The van der Waals surface area contributed by atoms with Gasteiger partial charge in [0.05, 0.1) is 5.56 Å². The van der Waals surface area contributed by atoms with E-state index in [0.29, 0.717) is 24.3 Å². The molecule has 2 aromatic rings. The highest BCUT2D eigenvalue weighted by molar-refractivity contribution is 5.98. The van der Waals surface area contributed by atoms with Crippen molar-refractivity contribution in [3.8, 4) is 0 Å². The Kier molecular flexibility index (Phi) is 3.96. The highest BCUT2D eigenvalue weighted by atomic mass is 16.2. The fraction of sp³-hybridized carbons (Fsp3) is 0.294. The minimum absolute atomic E-state index is 0.0329. The van der Waals surface area contributed by atoms with Gasteiger partial charge in [-0.15, -0.1) is 0 Å². The van der Waals surface area contributed by atoms with Gasteiger partial charge in [0.15, 0.2) is 0 Å². The first-order valence-corrected chi connectivity index (χ1v) is 7.45. The van der Waals surface area contributed by atoms with Crippen LogP contribution >= 0.6 is 0 Å². The van der Waals surface area contributed by atoms with Crippen molar-refractivity contribution in [2.45, 2.75) is 6.92 Å². The molecule has 0 atom stereocenters. The van der Waals surface area contributed by atoms with E-state index < -0.39 is 0 Å². The van der Waals surface area contributed by atoms with Gasteiger partial charge in [-0.05, 0) is 30.7 Å². The van der Waals surface area contributed by atoms with Crippen LogP contribution in [0.5, 0.6) is 0 Å². The molecule has 1 aromatic heterocycles. The van der Waals surface area contributed by atoms with Crippen LogP contribution in [0.25, 0.3) is 0 Å². The number of hydrogen-bond donors (Lipinski definition) is 1. The van der Waals surface area contributed by atoms with Crippen LogP contribution < -0.4 is 10.6 Å². The third-order valence-corrected chi connectivity index (χ3v) is 4.02. The second-order valence-corrected chi connectivity index (χ2v) is 5.58. The lowest BCUT2D eigenvalue weighted by Gasteiger charge is -2.36. The molecule has 2 N–H and O–H groups in total. The average Bonchev–Trinajstić information content (AvgIpc) is 2.55. The molecular formula is C17H20N4O. The maximum Gasteiger partial charge on any atom is 0.257 e. The summed E-state index contributed by atoms with van der Waals surface area (Å²) in [6.07, 6.45) is 3.15. The lowest BCUT2D eigenvalue weighted by atomic mass is 10.1. The van der Waals surface area contributed by atoms with Crippen molar-refractivity contribution in [1.29, 1.82) is 0 Å². The zero-order valence-corrected chi connectivity index (χ0v) is 12.7. The predicted octanol–water partition coefficient (Wildman–Crippen LogP) is 1.93. The molecule has 114 valence electrons. The van der Waals surface area contributed by atoms with Crippen molar-refractivity contribution >= 4 is 17.3 Å². The molecule has 22 heavy (non-hydrogen) atoms. The molecule has 1 aromatic carbocycles. The Morgan fingerprint density at radius 3 is 2.64 bits per heavy atom. The van der Waals surface area contributed by atoms with E-state index in [0.717, 1.165) is 13.1 Å². The summed E-state index contributed by atoms with van der Waals surface area (Å²) in [5.74, 6) is -0.0329.